The van der Waals surface area contributed by atoms with Crippen LogP contribution in [0.25, 0.3) is 0 Å². The summed E-state index contributed by atoms with van der Waals surface area (Å²) in [5.74, 6) is 1.54. The standard InChI is InChI=1S/C20H29NO6S4/c22-30(23,24)16-6-8-18-11-14-28-19(18)9-4-2-1-3-5-10-20-21(13-15-29-20)12-7-17-31(25,26)27/h1-5,9-10H,6-8,11-17H2,(H,22,23,24)(H,25,26,27). The van der Waals surface area contributed by atoms with Crippen LogP contribution in [0.3, 0.4) is 0 Å². The van der Waals surface area contributed by atoms with Gasteiger partial charge >= 0.3 is 0 Å². The summed E-state index contributed by atoms with van der Waals surface area (Å²) in [5, 5.41) is 1.09. The highest BCUT2D eigenvalue weighted by atomic mass is 32.2. The first-order chi connectivity index (χ1) is 14.6. The molecule has 0 aromatic heterocycles. The molecule has 0 atom stereocenters. The molecule has 0 amide bonds. The Morgan fingerprint density at radius 2 is 1.55 bits per heavy atom. The molecule has 174 valence electrons. The van der Waals surface area contributed by atoms with Crippen LogP contribution in [-0.2, 0) is 20.2 Å². The van der Waals surface area contributed by atoms with Crippen LogP contribution in [0.15, 0.2) is 58.0 Å². The Hall–Kier alpha value is -0.980. The summed E-state index contributed by atoms with van der Waals surface area (Å²) < 4.78 is 61.0. The summed E-state index contributed by atoms with van der Waals surface area (Å²) in [6.07, 6.45) is 16.2. The van der Waals surface area contributed by atoms with E-state index >= 15 is 0 Å². The number of thioether (sulfide) groups is 2. The lowest BCUT2D eigenvalue weighted by molar-refractivity contribution is 0.398. The monoisotopic (exact) mass is 507 g/mol. The molecule has 0 aromatic rings. The molecule has 0 aliphatic carbocycles. The van der Waals surface area contributed by atoms with Crippen molar-refractivity contribution in [2.24, 2.45) is 0 Å². The topological polar surface area (TPSA) is 112 Å². The second-order valence-corrected chi connectivity index (χ2v) is 12.5. The fourth-order valence-electron chi connectivity index (χ4n) is 3.14. The van der Waals surface area contributed by atoms with Gasteiger partial charge in [0.25, 0.3) is 20.2 Å². The molecule has 2 aliphatic rings. The first-order valence-electron chi connectivity index (χ1n) is 9.99. The third kappa shape index (κ3) is 11.4. The Balaban J connectivity index is 1.79. The van der Waals surface area contributed by atoms with Crippen molar-refractivity contribution in [3.63, 3.8) is 0 Å². The second-order valence-electron chi connectivity index (χ2n) is 7.06. The summed E-state index contributed by atoms with van der Waals surface area (Å²) in [6.45, 7) is 1.47. The van der Waals surface area contributed by atoms with E-state index in [0.29, 0.717) is 25.8 Å². The van der Waals surface area contributed by atoms with E-state index in [1.807, 2.05) is 42.5 Å². The zero-order chi connectivity index (χ0) is 22.7. The van der Waals surface area contributed by atoms with Crippen molar-refractivity contribution in [1.82, 2.24) is 4.90 Å². The van der Waals surface area contributed by atoms with Crippen LogP contribution in [0, 0.1) is 0 Å². The van der Waals surface area contributed by atoms with Crippen molar-refractivity contribution in [3.8, 4) is 0 Å². The lowest BCUT2D eigenvalue weighted by atomic mass is 10.1. The van der Waals surface area contributed by atoms with Crippen LogP contribution >= 0.6 is 23.5 Å². The zero-order valence-corrected chi connectivity index (χ0v) is 20.5. The smallest absolute Gasteiger partial charge is 0.264 e. The lowest BCUT2D eigenvalue weighted by Crippen LogP contribution is -2.21. The second kappa shape index (κ2) is 12.9. The van der Waals surface area contributed by atoms with E-state index in [2.05, 4.69) is 4.90 Å². The van der Waals surface area contributed by atoms with Gasteiger partial charge in [-0.25, -0.2) is 0 Å². The van der Waals surface area contributed by atoms with Crippen LogP contribution in [0.2, 0.25) is 0 Å². The van der Waals surface area contributed by atoms with E-state index in [1.54, 1.807) is 23.5 Å². The molecule has 2 aliphatic heterocycles. The van der Waals surface area contributed by atoms with Gasteiger partial charge in [0.15, 0.2) is 0 Å². The molecule has 0 aromatic carbocycles. The van der Waals surface area contributed by atoms with Gasteiger partial charge in [-0.1, -0.05) is 36.0 Å². The summed E-state index contributed by atoms with van der Waals surface area (Å²) in [7, 11) is -7.80. The quantitative estimate of drug-likeness (QED) is 0.300. The molecule has 1 fully saturated rings. The van der Waals surface area contributed by atoms with Crippen LogP contribution in [0.1, 0.15) is 25.7 Å². The highest BCUT2D eigenvalue weighted by molar-refractivity contribution is 8.03. The Morgan fingerprint density at radius 1 is 0.871 bits per heavy atom. The molecule has 31 heavy (non-hydrogen) atoms. The van der Waals surface area contributed by atoms with E-state index in [4.69, 9.17) is 9.11 Å². The minimum absolute atomic E-state index is 0.200. The van der Waals surface area contributed by atoms with Gasteiger partial charge in [0.1, 0.15) is 0 Å². The Kier molecular flexibility index (Phi) is 10.9. The molecule has 1 saturated heterocycles. The number of allylic oxidation sites excluding steroid dienone is 8. The zero-order valence-electron chi connectivity index (χ0n) is 17.2. The van der Waals surface area contributed by atoms with Gasteiger partial charge < -0.3 is 4.90 Å². The molecule has 2 rings (SSSR count). The lowest BCUT2D eigenvalue weighted by Gasteiger charge is -2.17. The third-order valence-electron chi connectivity index (χ3n) is 4.57. The van der Waals surface area contributed by atoms with Gasteiger partial charge in [-0.15, -0.1) is 23.5 Å². The van der Waals surface area contributed by atoms with Gasteiger partial charge in [0.2, 0.25) is 0 Å². The molecular weight excluding hydrogens is 478 g/mol. The van der Waals surface area contributed by atoms with E-state index < -0.39 is 20.2 Å². The molecule has 0 radical (unpaired) electrons. The fraction of sp³-hybridized carbons (Fsp3) is 0.500. The average molecular weight is 508 g/mol. The van der Waals surface area contributed by atoms with Gasteiger partial charge in [-0.3, -0.25) is 9.11 Å². The summed E-state index contributed by atoms with van der Waals surface area (Å²) >= 11 is 3.48. The van der Waals surface area contributed by atoms with Crippen molar-refractivity contribution in [3.05, 3.63) is 58.0 Å². The molecule has 7 nitrogen and oxygen atoms in total. The Labute approximate surface area is 193 Å². The van der Waals surface area contributed by atoms with Gasteiger partial charge in [-0.2, -0.15) is 16.8 Å². The minimum Gasteiger partial charge on any atom is -0.366 e. The summed E-state index contributed by atoms with van der Waals surface area (Å²) in [5.41, 5.74) is 1.24. The fourth-order valence-corrected chi connectivity index (χ4v) is 6.36. The SMILES string of the molecule is O=S(=O)(O)CCCC1=C(C=CC=CC=CC=C2SCCN2CCCS(=O)(=O)O)SCC1. The van der Waals surface area contributed by atoms with Gasteiger partial charge in [0, 0.05) is 29.5 Å². The predicted molar refractivity (Wildman–Crippen MR) is 130 cm³/mol. The van der Waals surface area contributed by atoms with Crippen LogP contribution in [0.4, 0.5) is 0 Å². The molecule has 0 bridgehead atoms. The number of hydrogen-bond donors (Lipinski definition) is 2. The normalized spacial score (nSPS) is 19.9. The van der Waals surface area contributed by atoms with Crippen molar-refractivity contribution >= 4 is 43.8 Å². The van der Waals surface area contributed by atoms with Gasteiger partial charge in [0.05, 0.1) is 16.5 Å². The third-order valence-corrected chi connectivity index (χ3v) is 8.40. The molecule has 0 unspecified atom stereocenters. The highest BCUT2D eigenvalue weighted by Gasteiger charge is 2.17. The highest BCUT2D eigenvalue weighted by Crippen LogP contribution is 2.34. The Morgan fingerprint density at radius 3 is 2.29 bits per heavy atom. The molecule has 0 saturated carbocycles. The maximum absolute atomic E-state index is 10.8. The van der Waals surface area contributed by atoms with Crippen LogP contribution in [-0.4, -0.2) is 66.9 Å². The molecule has 2 heterocycles. The minimum atomic E-state index is -3.91. The van der Waals surface area contributed by atoms with E-state index in [1.165, 1.54) is 10.5 Å². The predicted octanol–water partition coefficient (Wildman–Crippen LogP) is 3.88. The Bertz CT molecular complexity index is 962. The van der Waals surface area contributed by atoms with Crippen molar-refractivity contribution < 1.29 is 25.9 Å². The van der Waals surface area contributed by atoms with E-state index in [-0.39, 0.29) is 11.5 Å². The van der Waals surface area contributed by atoms with Crippen LogP contribution < -0.4 is 0 Å². The first kappa shape index (κ1) is 26.3. The van der Waals surface area contributed by atoms with E-state index in [9.17, 15) is 16.8 Å². The number of rotatable bonds is 12. The number of nitrogens with zero attached hydrogens (tertiary/aromatic N) is 1. The van der Waals surface area contributed by atoms with E-state index in [0.717, 1.165) is 29.5 Å². The molecule has 11 heteroatoms. The van der Waals surface area contributed by atoms with Crippen LogP contribution in [0.5, 0.6) is 0 Å². The average Bonchev–Trinajstić information content (AvgIpc) is 3.28. The maximum atomic E-state index is 10.8. The van der Waals surface area contributed by atoms with Crippen molar-refractivity contribution in [2.75, 3.05) is 36.1 Å². The molecule has 0 spiro atoms. The first-order valence-corrected chi connectivity index (χ1v) is 15.2. The van der Waals surface area contributed by atoms with Gasteiger partial charge in [-0.05, 0) is 37.8 Å². The molecular formula is C20H29NO6S4. The molecule has 2 N–H and O–H groups in total. The van der Waals surface area contributed by atoms with Crippen molar-refractivity contribution in [2.45, 2.75) is 25.7 Å². The summed E-state index contributed by atoms with van der Waals surface area (Å²) in [4.78, 5) is 3.30. The largest absolute Gasteiger partial charge is 0.366 e. The van der Waals surface area contributed by atoms with Crippen molar-refractivity contribution in [1.29, 1.82) is 0 Å². The summed E-state index contributed by atoms with van der Waals surface area (Å²) in [6, 6.07) is 0. The maximum Gasteiger partial charge on any atom is 0.264 e. The number of hydrogen-bond acceptors (Lipinski definition) is 7.